The van der Waals surface area contributed by atoms with Crippen LogP contribution >= 0.6 is 34.5 Å². The highest BCUT2D eigenvalue weighted by molar-refractivity contribution is 7.92. The highest BCUT2D eigenvalue weighted by Crippen LogP contribution is 2.34. The summed E-state index contributed by atoms with van der Waals surface area (Å²) < 4.78 is 33.5. The second-order valence-corrected chi connectivity index (χ2v) is 13.7. The molecule has 232 valence electrons. The van der Waals surface area contributed by atoms with Crippen molar-refractivity contribution in [3.63, 3.8) is 0 Å². The van der Waals surface area contributed by atoms with E-state index < -0.39 is 16.1 Å². The number of sulfonamides is 1. The summed E-state index contributed by atoms with van der Waals surface area (Å²) in [5.41, 5.74) is 1.42. The molecule has 16 heteroatoms. The lowest BCUT2D eigenvalue weighted by Crippen LogP contribution is -2.41. The van der Waals surface area contributed by atoms with Gasteiger partial charge in [-0.25, -0.2) is 17.9 Å². The lowest BCUT2D eigenvalue weighted by Gasteiger charge is -2.26. The molecule has 1 aliphatic heterocycles. The van der Waals surface area contributed by atoms with Gasteiger partial charge in [-0.05, 0) is 48.5 Å². The average molecular weight is 680 g/mol. The number of hydrogen-bond acceptors (Lipinski definition) is 9. The largest absolute Gasteiger partial charge is 0.388 e. The van der Waals surface area contributed by atoms with E-state index in [1.807, 2.05) is 4.72 Å². The van der Waals surface area contributed by atoms with Crippen molar-refractivity contribution in [1.29, 1.82) is 0 Å². The van der Waals surface area contributed by atoms with Gasteiger partial charge in [-0.2, -0.15) is 0 Å². The minimum atomic E-state index is -4.20. The normalized spacial score (nSPS) is 13.9. The summed E-state index contributed by atoms with van der Waals surface area (Å²) in [6, 6.07) is 11.5. The Hall–Kier alpha value is -3.66. The van der Waals surface area contributed by atoms with Gasteiger partial charge in [0.15, 0.2) is 0 Å². The van der Waals surface area contributed by atoms with E-state index in [0.717, 1.165) is 36.2 Å². The summed E-state index contributed by atoms with van der Waals surface area (Å²) in [5, 5.41) is 9.37. The SMILES string of the molecule is CNc1ccc2c(=O)n(-c3ccc(NC(=O)NS(=O)(=O)c4cc(Cl)c(Cl)s4)cc3)cc(C(=O)NCCN3CCOCC3)c2c1. The number of halogens is 2. The third-order valence-electron chi connectivity index (χ3n) is 6.89. The maximum atomic E-state index is 13.5. The zero-order chi connectivity index (χ0) is 31.4. The molecule has 1 fully saturated rings. The molecule has 2 aromatic heterocycles. The van der Waals surface area contributed by atoms with Crippen LogP contribution in [0.3, 0.4) is 0 Å². The maximum Gasteiger partial charge on any atom is 0.333 e. The van der Waals surface area contributed by atoms with E-state index in [4.69, 9.17) is 27.9 Å². The number of urea groups is 1. The number of fused-ring (bicyclic) bond motifs is 1. The van der Waals surface area contributed by atoms with E-state index in [1.54, 1.807) is 37.4 Å². The fourth-order valence-corrected chi connectivity index (χ4v) is 7.40. The number of thiophene rings is 1. The summed E-state index contributed by atoms with van der Waals surface area (Å²) in [5.74, 6) is -0.324. The highest BCUT2D eigenvalue weighted by Gasteiger charge is 2.22. The van der Waals surface area contributed by atoms with Crippen molar-refractivity contribution in [2.24, 2.45) is 0 Å². The molecule has 2 aromatic carbocycles. The van der Waals surface area contributed by atoms with Crippen LogP contribution in [-0.2, 0) is 14.8 Å². The van der Waals surface area contributed by atoms with Crippen LogP contribution in [0.25, 0.3) is 16.5 Å². The van der Waals surface area contributed by atoms with E-state index >= 15 is 0 Å². The Kier molecular flexibility index (Phi) is 9.78. The van der Waals surface area contributed by atoms with Gasteiger partial charge < -0.3 is 20.7 Å². The van der Waals surface area contributed by atoms with Crippen LogP contribution in [0.4, 0.5) is 16.2 Å². The van der Waals surface area contributed by atoms with E-state index in [9.17, 15) is 22.8 Å². The quantitative estimate of drug-likeness (QED) is 0.208. The minimum Gasteiger partial charge on any atom is -0.388 e. The monoisotopic (exact) mass is 678 g/mol. The van der Waals surface area contributed by atoms with Crippen LogP contribution in [0.5, 0.6) is 0 Å². The number of pyridine rings is 1. The molecular weight excluding hydrogens is 651 g/mol. The Labute approximate surface area is 267 Å². The number of hydrogen-bond donors (Lipinski definition) is 4. The lowest BCUT2D eigenvalue weighted by atomic mass is 10.1. The van der Waals surface area contributed by atoms with Crippen molar-refractivity contribution in [3.05, 3.63) is 80.0 Å². The van der Waals surface area contributed by atoms with Crippen molar-refractivity contribution < 1.29 is 22.7 Å². The molecule has 0 radical (unpaired) electrons. The number of rotatable bonds is 9. The van der Waals surface area contributed by atoms with Gasteiger partial charge in [-0.15, -0.1) is 11.3 Å². The smallest absolute Gasteiger partial charge is 0.333 e. The molecule has 5 rings (SSSR count). The Balaban J connectivity index is 1.36. The van der Waals surface area contributed by atoms with Gasteiger partial charge in [-0.1, -0.05) is 23.2 Å². The molecule has 3 amide bonds. The zero-order valence-corrected chi connectivity index (χ0v) is 26.5. The van der Waals surface area contributed by atoms with E-state index in [0.29, 0.717) is 48.3 Å². The van der Waals surface area contributed by atoms with Gasteiger partial charge >= 0.3 is 6.03 Å². The number of anilines is 2. The van der Waals surface area contributed by atoms with Crippen LogP contribution < -0.4 is 26.2 Å². The van der Waals surface area contributed by atoms with Gasteiger partial charge in [0.05, 0.1) is 23.8 Å². The number of morpholine rings is 1. The lowest BCUT2D eigenvalue weighted by molar-refractivity contribution is 0.0383. The van der Waals surface area contributed by atoms with Crippen LogP contribution in [0.2, 0.25) is 9.36 Å². The predicted octanol–water partition coefficient (Wildman–Crippen LogP) is 3.97. The summed E-state index contributed by atoms with van der Waals surface area (Å²) in [7, 11) is -2.45. The third kappa shape index (κ3) is 7.17. The number of nitrogens with one attached hydrogen (secondary N) is 4. The second-order valence-electron chi connectivity index (χ2n) is 9.73. The predicted molar refractivity (Wildman–Crippen MR) is 172 cm³/mol. The van der Waals surface area contributed by atoms with E-state index in [1.165, 1.54) is 22.9 Å². The first-order valence-electron chi connectivity index (χ1n) is 13.4. The van der Waals surface area contributed by atoms with Gasteiger partial charge in [0.1, 0.15) is 8.55 Å². The Morgan fingerprint density at radius 3 is 2.36 bits per heavy atom. The molecule has 4 N–H and O–H groups in total. The van der Waals surface area contributed by atoms with Crippen LogP contribution in [0.15, 0.2) is 63.7 Å². The van der Waals surface area contributed by atoms with Crippen molar-refractivity contribution in [3.8, 4) is 5.69 Å². The molecule has 0 spiro atoms. The molecular formula is C28H28Cl2N6O6S2. The van der Waals surface area contributed by atoms with Gasteiger partial charge in [0, 0.05) is 67.3 Å². The van der Waals surface area contributed by atoms with Crippen LogP contribution in [-0.4, -0.2) is 76.3 Å². The first-order valence-corrected chi connectivity index (χ1v) is 16.5. The Bertz CT molecular complexity index is 1850. The van der Waals surface area contributed by atoms with E-state index in [2.05, 4.69) is 20.9 Å². The molecule has 4 aromatic rings. The molecule has 1 saturated heterocycles. The molecule has 0 unspecified atom stereocenters. The topological polar surface area (TPSA) is 151 Å². The average Bonchev–Trinajstić information content (AvgIpc) is 3.36. The summed E-state index contributed by atoms with van der Waals surface area (Å²) in [4.78, 5) is 41.6. The fraction of sp³-hybridized carbons (Fsp3) is 0.250. The minimum absolute atomic E-state index is 0.0630. The standard InChI is InChI=1S/C28H28Cl2N6O6S2/c1-31-18-4-7-20-21(14-18)22(26(37)32-8-9-35-10-12-42-13-11-35)16-36(27(20)38)19-5-2-17(3-6-19)33-28(39)34-44(40,41)24-15-23(29)25(30)43-24/h2-7,14-16,31H,8-13H2,1H3,(H,32,37)(H2,33,34,39). The molecule has 0 saturated carbocycles. The van der Waals surface area contributed by atoms with Crippen LogP contribution in [0.1, 0.15) is 10.4 Å². The first kappa shape index (κ1) is 31.8. The molecule has 44 heavy (non-hydrogen) atoms. The summed E-state index contributed by atoms with van der Waals surface area (Å²) in [6.07, 6.45) is 1.49. The summed E-state index contributed by atoms with van der Waals surface area (Å²) >= 11 is 12.4. The Morgan fingerprint density at radius 2 is 1.70 bits per heavy atom. The maximum absolute atomic E-state index is 13.5. The highest BCUT2D eigenvalue weighted by atomic mass is 35.5. The molecule has 3 heterocycles. The van der Waals surface area contributed by atoms with Crippen molar-refractivity contribution in [2.45, 2.75) is 4.21 Å². The molecule has 0 atom stereocenters. The molecule has 0 aliphatic carbocycles. The first-order chi connectivity index (χ1) is 21.1. The molecule has 12 nitrogen and oxygen atoms in total. The van der Waals surface area contributed by atoms with Crippen molar-refractivity contribution in [1.82, 2.24) is 19.5 Å². The fourth-order valence-electron chi connectivity index (χ4n) is 4.61. The van der Waals surface area contributed by atoms with Crippen molar-refractivity contribution in [2.75, 3.05) is 57.1 Å². The number of carbonyl (C=O) groups is 2. The molecule has 1 aliphatic rings. The van der Waals surface area contributed by atoms with E-state index in [-0.39, 0.29) is 30.7 Å². The van der Waals surface area contributed by atoms with Crippen molar-refractivity contribution >= 4 is 78.6 Å². The second kappa shape index (κ2) is 13.5. The van der Waals surface area contributed by atoms with Gasteiger partial charge in [0.25, 0.3) is 21.5 Å². The van der Waals surface area contributed by atoms with Gasteiger partial charge in [0.2, 0.25) is 0 Å². The van der Waals surface area contributed by atoms with Crippen LogP contribution in [0, 0.1) is 0 Å². The summed E-state index contributed by atoms with van der Waals surface area (Å²) in [6.45, 7) is 4.02. The number of carbonyl (C=O) groups excluding carboxylic acids is 2. The zero-order valence-electron chi connectivity index (χ0n) is 23.4. The Morgan fingerprint density at radius 1 is 1.00 bits per heavy atom. The number of nitrogens with zero attached hydrogens (tertiary/aromatic N) is 2. The number of ether oxygens (including phenoxy) is 1. The number of aromatic nitrogens is 1. The molecule has 0 bridgehead atoms. The number of benzene rings is 2. The third-order valence-corrected chi connectivity index (χ3v) is 10.6. The van der Waals surface area contributed by atoms with Gasteiger partial charge in [-0.3, -0.25) is 19.1 Å². The number of amides is 3.